The first-order valence-electron chi connectivity index (χ1n) is 14.1. The van der Waals surface area contributed by atoms with Gasteiger partial charge in [0.15, 0.2) is 11.5 Å². The lowest BCUT2D eigenvalue weighted by molar-refractivity contribution is -0.144. The minimum atomic E-state index is -1.82. The zero-order chi connectivity index (χ0) is 30.5. The van der Waals surface area contributed by atoms with Crippen LogP contribution in [0.1, 0.15) is 92.6 Å². The number of ether oxygens (including phenoxy) is 4. The second kappa shape index (κ2) is 16.8. The lowest BCUT2D eigenvalue weighted by atomic mass is 9.86. The number of hydrogen-bond donors (Lipinski definition) is 2. The Morgan fingerprint density at radius 1 is 0.900 bits per heavy atom. The topological polar surface area (TPSA) is 151 Å². The zero-order valence-corrected chi connectivity index (χ0v) is 25.0. The van der Waals surface area contributed by atoms with E-state index in [-0.39, 0.29) is 55.6 Å². The van der Waals surface area contributed by atoms with Gasteiger partial charge in [-0.2, -0.15) is 0 Å². The standard InChI is InChI=1S/C30H47NO9/c1-8-20(5)14-26(32)39-24-11-10-23(16-25(24)40-27(33)15-21(6)9-2)18-30(31,28(34)35)17-22(7)38-29(36)37-13-12-19(3)4/h10-11,16,19-22H,8-9,12-15,17-18,31H2,1-7H3,(H,34,35)/t20?,21?,22-,30?/m0/s1. The Morgan fingerprint density at radius 2 is 1.45 bits per heavy atom. The lowest BCUT2D eigenvalue weighted by Gasteiger charge is -2.28. The van der Waals surface area contributed by atoms with Crippen molar-refractivity contribution < 1.29 is 43.2 Å². The van der Waals surface area contributed by atoms with Crippen LogP contribution < -0.4 is 15.2 Å². The maximum absolute atomic E-state index is 12.6. The van der Waals surface area contributed by atoms with Gasteiger partial charge in [0.2, 0.25) is 0 Å². The molecule has 226 valence electrons. The molecule has 0 amide bonds. The monoisotopic (exact) mass is 565 g/mol. The van der Waals surface area contributed by atoms with Gasteiger partial charge in [-0.15, -0.1) is 0 Å². The number of rotatable bonds is 17. The van der Waals surface area contributed by atoms with Gasteiger partial charge in [0.1, 0.15) is 11.6 Å². The largest absolute Gasteiger partial charge is 0.508 e. The van der Waals surface area contributed by atoms with Crippen LogP contribution in [-0.2, 0) is 30.3 Å². The summed E-state index contributed by atoms with van der Waals surface area (Å²) in [6, 6.07) is 4.48. The molecule has 10 nitrogen and oxygen atoms in total. The van der Waals surface area contributed by atoms with Crippen molar-refractivity contribution in [2.75, 3.05) is 6.61 Å². The maximum Gasteiger partial charge on any atom is 0.508 e. The van der Waals surface area contributed by atoms with E-state index in [2.05, 4.69) is 0 Å². The maximum atomic E-state index is 12.6. The van der Waals surface area contributed by atoms with E-state index in [4.69, 9.17) is 24.7 Å². The summed E-state index contributed by atoms with van der Waals surface area (Å²) in [5.41, 5.74) is 4.91. The van der Waals surface area contributed by atoms with E-state index in [0.717, 1.165) is 12.8 Å². The number of carboxylic acids is 1. The Kier molecular flexibility index (Phi) is 14.7. The van der Waals surface area contributed by atoms with Gasteiger partial charge < -0.3 is 29.8 Å². The Hall–Kier alpha value is -3.14. The van der Waals surface area contributed by atoms with Crippen LogP contribution in [0.25, 0.3) is 0 Å². The number of carbonyl (C=O) groups excluding carboxylic acids is 3. The van der Waals surface area contributed by atoms with Gasteiger partial charge in [-0.1, -0.05) is 60.5 Å². The van der Waals surface area contributed by atoms with Gasteiger partial charge >= 0.3 is 24.1 Å². The molecule has 1 rings (SSSR count). The highest BCUT2D eigenvalue weighted by Gasteiger charge is 2.37. The van der Waals surface area contributed by atoms with Crippen molar-refractivity contribution in [1.82, 2.24) is 0 Å². The van der Waals surface area contributed by atoms with Crippen molar-refractivity contribution in [2.45, 2.75) is 105 Å². The van der Waals surface area contributed by atoms with Crippen LogP contribution in [0.4, 0.5) is 4.79 Å². The van der Waals surface area contributed by atoms with Crippen LogP contribution in [0.5, 0.6) is 11.5 Å². The van der Waals surface area contributed by atoms with Crippen molar-refractivity contribution in [2.24, 2.45) is 23.5 Å². The lowest BCUT2D eigenvalue weighted by Crippen LogP contribution is -2.52. The van der Waals surface area contributed by atoms with Gasteiger partial charge in [0, 0.05) is 25.7 Å². The molecule has 4 atom stereocenters. The average Bonchev–Trinajstić information content (AvgIpc) is 2.84. The third kappa shape index (κ3) is 12.8. The first kappa shape index (κ1) is 34.9. The van der Waals surface area contributed by atoms with Crippen LogP contribution in [0.15, 0.2) is 18.2 Å². The summed E-state index contributed by atoms with van der Waals surface area (Å²) >= 11 is 0. The zero-order valence-electron chi connectivity index (χ0n) is 25.0. The number of hydrogen-bond acceptors (Lipinski definition) is 9. The average molecular weight is 566 g/mol. The molecule has 1 aromatic rings. The predicted molar refractivity (Wildman–Crippen MR) is 150 cm³/mol. The fraction of sp³-hybridized carbons (Fsp3) is 0.667. The number of aliphatic carboxylic acids is 1. The highest BCUT2D eigenvalue weighted by molar-refractivity contribution is 5.79. The van der Waals surface area contributed by atoms with E-state index in [1.54, 1.807) is 6.07 Å². The summed E-state index contributed by atoms with van der Waals surface area (Å²) in [6.07, 6.45) is 0.516. The quantitative estimate of drug-likeness (QED) is 0.178. The molecule has 10 heteroatoms. The summed E-state index contributed by atoms with van der Waals surface area (Å²) in [5.74, 6) is -1.63. The Labute approximate surface area is 237 Å². The predicted octanol–water partition coefficient (Wildman–Crippen LogP) is 5.67. The molecular weight excluding hydrogens is 518 g/mol. The van der Waals surface area contributed by atoms with Crippen LogP contribution >= 0.6 is 0 Å². The van der Waals surface area contributed by atoms with Crippen molar-refractivity contribution in [3.63, 3.8) is 0 Å². The summed E-state index contributed by atoms with van der Waals surface area (Å²) in [7, 11) is 0. The van der Waals surface area contributed by atoms with E-state index in [9.17, 15) is 24.3 Å². The summed E-state index contributed by atoms with van der Waals surface area (Å²) in [4.78, 5) is 49.2. The van der Waals surface area contributed by atoms with Crippen LogP contribution in [0.2, 0.25) is 0 Å². The molecule has 0 heterocycles. The molecule has 0 radical (unpaired) electrons. The normalized spacial score (nSPS) is 14.9. The van der Waals surface area contributed by atoms with Crippen LogP contribution in [0.3, 0.4) is 0 Å². The van der Waals surface area contributed by atoms with Crippen molar-refractivity contribution >= 4 is 24.1 Å². The van der Waals surface area contributed by atoms with E-state index in [1.807, 2.05) is 41.5 Å². The molecule has 3 N–H and O–H groups in total. The smallest absolute Gasteiger partial charge is 0.480 e. The molecule has 0 aliphatic rings. The molecule has 0 saturated carbocycles. The molecule has 0 bridgehead atoms. The molecule has 1 aromatic carbocycles. The van der Waals surface area contributed by atoms with E-state index in [0.29, 0.717) is 17.9 Å². The van der Waals surface area contributed by atoms with Gasteiger partial charge in [-0.05, 0) is 48.8 Å². The number of carboxylic acid groups (broad SMARTS) is 1. The minimum absolute atomic E-state index is 0.00840. The number of benzene rings is 1. The molecule has 0 spiro atoms. The molecular formula is C30H47NO9. The third-order valence-corrected chi connectivity index (χ3v) is 6.69. The summed E-state index contributed by atoms with van der Waals surface area (Å²) in [5, 5.41) is 9.95. The van der Waals surface area contributed by atoms with Gasteiger partial charge in [0.05, 0.1) is 6.61 Å². The highest BCUT2D eigenvalue weighted by Crippen LogP contribution is 2.32. The molecule has 40 heavy (non-hydrogen) atoms. The van der Waals surface area contributed by atoms with E-state index < -0.39 is 35.7 Å². The van der Waals surface area contributed by atoms with Crippen molar-refractivity contribution in [3.8, 4) is 11.5 Å². The number of carbonyl (C=O) groups is 4. The van der Waals surface area contributed by atoms with Crippen LogP contribution in [0, 0.1) is 17.8 Å². The summed E-state index contributed by atoms with van der Waals surface area (Å²) in [6.45, 7) is 13.5. The molecule has 0 aliphatic heterocycles. The van der Waals surface area contributed by atoms with Crippen LogP contribution in [-0.4, -0.2) is 47.4 Å². The minimum Gasteiger partial charge on any atom is -0.480 e. The van der Waals surface area contributed by atoms with Gasteiger partial charge in [0.25, 0.3) is 0 Å². The molecule has 0 aliphatic carbocycles. The molecule has 0 aromatic heterocycles. The second-order valence-electron chi connectivity index (χ2n) is 11.2. The summed E-state index contributed by atoms with van der Waals surface area (Å²) < 4.78 is 21.3. The first-order chi connectivity index (χ1) is 18.7. The Morgan fingerprint density at radius 3 is 1.95 bits per heavy atom. The Balaban J connectivity index is 3.12. The SMILES string of the molecule is CCC(C)CC(=O)Oc1ccc(CC(N)(C[C@H](C)OC(=O)OCCC(C)C)C(=O)O)cc1OC(=O)CC(C)CC. The fourth-order valence-corrected chi connectivity index (χ4v) is 3.74. The highest BCUT2D eigenvalue weighted by atomic mass is 16.7. The number of esters is 2. The van der Waals surface area contributed by atoms with Gasteiger partial charge in [-0.25, -0.2) is 4.79 Å². The Bertz CT molecular complexity index is 993. The van der Waals surface area contributed by atoms with E-state index in [1.165, 1.54) is 19.1 Å². The van der Waals surface area contributed by atoms with Gasteiger partial charge in [-0.3, -0.25) is 14.4 Å². The van der Waals surface area contributed by atoms with E-state index >= 15 is 0 Å². The number of nitrogens with two attached hydrogens (primary N) is 1. The molecule has 0 saturated heterocycles. The first-order valence-corrected chi connectivity index (χ1v) is 14.1. The molecule has 3 unspecified atom stereocenters. The second-order valence-corrected chi connectivity index (χ2v) is 11.2. The molecule has 0 fully saturated rings. The van der Waals surface area contributed by atoms with Crippen molar-refractivity contribution in [1.29, 1.82) is 0 Å². The van der Waals surface area contributed by atoms with Crippen molar-refractivity contribution in [3.05, 3.63) is 23.8 Å². The fourth-order valence-electron chi connectivity index (χ4n) is 3.74. The third-order valence-electron chi connectivity index (χ3n) is 6.69.